The first-order valence-electron chi connectivity index (χ1n) is 15.0. The number of unbranched alkanes of at least 4 members (excludes halogenated alkanes) is 9. The van der Waals surface area contributed by atoms with Crippen LogP contribution in [0.5, 0.6) is 0 Å². The van der Waals surface area contributed by atoms with Gasteiger partial charge in [-0.3, -0.25) is 0 Å². The fourth-order valence-electron chi connectivity index (χ4n) is 2.97. The average molecular weight is 639 g/mol. The first kappa shape index (κ1) is 48.1. The maximum absolute atomic E-state index is 9.63. The Morgan fingerprint density at radius 2 is 0.556 bits per heavy atom. The largest absolute Gasteiger partial charge is 0.396 e. The molecule has 0 bridgehead atoms. The summed E-state index contributed by atoms with van der Waals surface area (Å²) in [5, 5.41) is 26.0. The third-order valence-corrected chi connectivity index (χ3v) is 6.01. The van der Waals surface area contributed by atoms with Crippen LogP contribution in [-0.4, -0.2) is 111 Å². The summed E-state index contributed by atoms with van der Waals surface area (Å²) in [6.45, 7) is 4.69. The Kier molecular flexibility index (Phi) is 50.3. The summed E-state index contributed by atoms with van der Waals surface area (Å²) >= 11 is 0. The Balaban J connectivity index is -0.000000251. The van der Waals surface area contributed by atoms with E-state index in [0.29, 0.717) is 45.7 Å². The van der Waals surface area contributed by atoms with Gasteiger partial charge in [-0.25, -0.2) is 58.7 Å². The lowest BCUT2D eigenvalue weighted by molar-refractivity contribution is 0.00304. The third kappa shape index (κ3) is 47.3. The molecule has 0 heterocycles. The normalized spacial score (nSPS) is 9.07. The van der Waals surface area contributed by atoms with E-state index in [4.69, 9.17) is 15.3 Å². The smallest absolute Gasteiger partial charge is 0.234 e. The molecule has 0 aliphatic carbocycles. The maximum Gasteiger partial charge on any atom is 0.234 e. The lowest BCUT2D eigenvalue weighted by atomic mass is 9.88. The van der Waals surface area contributed by atoms with Crippen LogP contribution in [0.3, 0.4) is 0 Å². The molecule has 0 aromatic rings. The molecule has 0 saturated heterocycles. The summed E-state index contributed by atoms with van der Waals surface area (Å²) < 4.78 is 0. The van der Waals surface area contributed by atoms with Crippen LogP contribution in [-0.2, 0) is 28.8 Å². The molecule has 0 rings (SSSR count). The molecule has 0 aromatic heterocycles. The molecule has 3 N–H and O–H groups in total. The molecule has 15 nitrogen and oxygen atoms in total. The quantitative estimate of drug-likeness (QED) is 0.0755. The second kappa shape index (κ2) is 47.1. The fraction of sp³-hybridized carbons (Fsp3) is 0.800. The van der Waals surface area contributed by atoms with Crippen molar-refractivity contribution in [2.24, 2.45) is 35.4 Å². The van der Waals surface area contributed by atoms with Gasteiger partial charge in [-0.05, 0) is 44.9 Å². The van der Waals surface area contributed by atoms with E-state index in [1.165, 1.54) is 36.5 Å². The zero-order valence-electron chi connectivity index (χ0n) is 26.5. The van der Waals surface area contributed by atoms with Crippen molar-refractivity contribution in [1.82, 2.24) is 0 Å². The average Bonchev–Trinajstić information content (AvgIpc) is 3.07. The van der Waals surface area contributed by atoms with Crippen LogP contribution in [0.25, 0.3) is 0 Å². The third-order valence-electron chi connectivity index (χ3n) is 6.01. The Morgan fingerprint density at radius 3 is 0.644 bits per heavy atom. The van der Waals surface area contributed by atoms with Gasteiger partial charge in [0.15, 0.2) is 0 Å². The highest BCUT2D eigenvalue weighted by molar-refractivity contribution is 5.33. The minimum absolute atomic E-state index is 0.156. The molecular formula is C30H50N6O9. The monoisotopic (exact) mass is 638 g/mol. The standard InChI is InChI=1S/3C8H12N2O2.C6H14O3/c3*11-7-9-5-3-1-2-4-6-10-8-12;1-2-6(3-7,4-8)5-9/h3*1-6H2;7-9H,2-5H2,1H3. The highest BCUT2D eigenvalue weighted by Crippen LogP contribution is 2.18. The highest BCUT2D eigenvalue weighted by Gasteiger charge is 2.24. The minimum Gasteiger partial charge on any atom is -0.396 e. The van der Waals surface area contributed by atoms with Crippen LogP contribution < -0.4 is 0 Å². The van der Waals surface area contributed by atoms with Crippen LogP contribution in [0.15, 0.2) is 30.0 Å². The van der Waals surface area contributed by atoms with Crippen LogP contribution in [0.1, 0.15) is 90.4 Å². The van der Waals surface area contributed by atoms with Crippen molar-refractivity contribution in [1.29, 1.82) is 0 Å². The van der Waals surface area contributed by atoms with E-state index >= 15 is 0 Å². The van der Waals surface area contributed by atoms with Crippen molar-refractivity contribution in [3.05, 3.63) is 0 Å². The molecule has 15 heteroatoms. The minimum atomic E-state index is -0.667. The maximum atomic E-state index is 9.63. The Morgan fingerprint density at radius 1 is 0.378 bits per heavy atom. The van der Waals surface area contributed by atoms with E-state index in [-0.39, 0.29) is 19.8 Å². The molecule has 0 fully saturated rings. The number of hydrogen-bond donors (Lipinski definition) is 3. The van der Waals surface area contributed by atoms with Crippen molar-refractivity contribution in [2.45, 2.75) is 90.4 Å². The van der Waals surface area contributed by atoms with Crippen molar-refractivity contribution in [3.8, 4) is 0 Å². The van der Waals surface area contributed by atoms with Gasteiger partial charge in [0, 0.05) is 5.41 Å². The van der Waals surface area contributed by atoms with Crippen molar-refractivity contribution in [3.63, 3.8) is 0 Å². The first-order valence-corrected chi connectivity index (χ1v) is 15.0. The lowest BCUT2D eigenvalue weighted by Crippen LogP contribution is -2.32. The van der Waals surface area contributed by atoms with Crippen LogP contribution >= 0.6 is 0 Å². The number of nitrogens with zero attached hydrogens (tertiary/aromatic N) is 6. The van der Waals surface area contributed by atoms with Crippen molar-refractivity contribution in [2.75, 3.05) is 59.1 Å². The highest BCUT2D eigenvalue weighted by atomic mass is 16.3. The Bertz CT molecular complexity index is 751. The molecule has 0 aliphatic heterocycles. The number of aliphatic hydroxyl groups excluding tert-OH is 3. The van der Waals surface area contributed by atoms with Crippen molar-refractivity contribution >= 4 is 36.5 Å². The lowest BCUT2D eigenvalue weighted by Gasteiger charge is -2.24. The molecule has 254 valence electrons. The van der Waals surface area contributed by atoms with Crippen LogP contribution in [0.2, 0.25) is 0 Å². The van der Waals surface area contributed by atoms with Crippen molar-refractivity contribution < 1.29 is 44.1 Å². The first-order chi connectivity index (χ1) is 22.0. The predicted molar refractivity (Wildman–Crippen MR) is 167 cm³/mol. The summed E-state index contributed by atoms with van der Waals surface area (Å²) in [6.07, 6.45) is 21.0. The van der Waals surface area contributed by atoms with Gasteiger partial charge in [-0.1, -0.05) is 45.4 Å². The number of aliphatic imine (C=N–C) groups is 6. The topological polar surface area (TPSA) is 237 Å². The van der Waals surface area contributed by atoms with E-state index in [1.807, 2.05) is 6.92 Å². The molecule has 0 aromatic carbocycles. The van der Waals surface area contributed by atoms with Gasteiger partial charge in [-0.15, -0.1) is 0 Å². The predicted octanol–water partition coefficient (Wildman–Crippen LogP) is 3.01. The zero-order valence-corrected chi connectivity index (χ0v) is 26.5. The van der Waals surface area contributed by atoms with Gasteiger partial charge in [0.05, 0.1) is 59.1 Å². The number of isocyanates is 6. The molecule has 0 aliphatic rings. The van der Waals surface area contributed by atoms with E-state index in [2.05, 4.69) is 30.0 Å². The van der Waals surface area contributed by atoms with E-state index < -0.39 is 5.41 Å². The van der Waals surface area contributed by atoms with E-state index in [0.717, 1.165) is 77.0 Å². The van der Waals surface area contributed by atoms with Gasteiger partial charge in [0.2, 0.25) is 36.5 Å². The number of carbonyl (C=O) groups excluding carboxylic acids is 6. The molecule has 0 atom stereocenters. The molecule has 0 unspecified atom stereocenters. The van der Waals surface area contributed by atoms with Gasteiger partial charge >= 0.3 is 0 Å². The van der Waals surface area contributed by atoms with Gasteiger partial charge in [0.25, 0.3) is 0 Å². The van der Waals surface area contributed by atoms with E-state index in [9.17, 15) is 28.8 Å². The van der Waals surface area contributed by atoms with Crippen LogP contribution in [0, 0.1) is 5.41 Å². The summed E-state index contributed by atoms with van der Waals surface area (Å²) in [5.74, 6) is 0. The Labute approximate surface area is 265 Å². The zero-order chi connectivity index (χ0) is 34.5. The second-order valence-electron chi connectivity index (χ2n) is 9.41. The van der Waals surface area contributed by atoms with Gasteiger partial charge in [-0.2, -0.15) is 0 Å². The SMILES string of the molecule is CCC(CO)(CO)CO.O=C=NCCCCCCN=C=O.O=C=NCCCCCCN=C=O.O=C=NCCCCCCN=C=O. The summed E-state index contributed by atoms with van der Waals surface area (Å²) in [4.78, 5) is 78.3. The molecule has 0 radical (unpaired) electrons. The molecule has 45 heavy (non-hydrogen) atoms. The molecule has 0 spiro atoms. The number of rotatable bonds is 25. The second-order valence-corrected chi connectivity index (χ2v) is 9.41. The molecular weight excluding hydrogens is 588 g/mol. The number of aliphatic hydroxyl groups is 3. The molecule has 0 amide bonds. The van der Waals surface area contributed by atoms with Gasteiger partial charge < -0.3 is 15.3 Å². The van der Waals surface area contributed by atoms with Gasteiger partial charge in [0.1, 0.15) is 0 Å². The van der Waals surface area contributed by atoms with Crippen LogP contribution in [0.4, 0.5) is 0 Å². The summed E-state index contributed by atoms with van der Waals surface area (Å²) in [5.41, 5.74) is -0.667. The summed E-state index contributed by atoms with van der Waals surface area (Å²) in [7, 11) is 0. The Hall–Kier alpha value is -3.84. The van der Waals surface area contributed by atoms with E-state index in [1.54, 1.807) is 0 Å². The summed E-state index contributed by atoms with van der Waals surface area (Å²) in [6, 6.07) is 0. The number of hydrogen-bond acceptors (Lipinski definition) is 15. The molecule has 0 saturated carbocycles. The fourth-order valence-corrected chi connectivity index (χ4v) is 2.97.